The van der Waals surface area contributed by atoms with Gasteiger partial charge in [-0.15, -0.1) is 0 Å². The second-order valence-electron chi connectivity index (χ2n) is 22.6. The van der Waals surface area contributed by atoms with Gasteiger partial charge < -0.3 is 37.1 Å². The van der Waals surface area contributed by atoms with Crippen LogP contribution in [0.4, 0.5) is 22.7 Å². The lowest BCUT2D eigenvalue weighted by Crippen LogP contribution is -2.12. The predicted molar refractivity (Wildman–Crippen MR) is 364 cm³/mol. The normalized spacial score (nSPS) is 11.6. The van der Waals surface area contributed by atoms with E-state index in [2.05, 4.69) is 10.6 Å². The molecule has 0 radical (unpaired) electrons. The highest BCUT2D eigenvalue weighted by atomic mass is 16.4. The molecule has 11 aromatic carbocycles. The maximum absolute atomic E-state index is 14.0. The van der Waals surface area contributed by atoms with Crippen LogP contribution in [0.3, 0.4) is 0 Å². The van der Waals surface area contributed by atoms with Crippen molar-refractivity contribution in [3.63, 3.8) is 0 Å². The summed E-state index contributed by atoms with van der Waals surface area (Å²) in [5.41, 5.74) is 11.1. The molecule has 17 aromatic rings. The fourth-order valence-corrected chi connectivity index (χ4v) is 12.1. The first-order valence-electron chi connectivity index (χ1n) is 29.4. The third kappa shape index (κ3) is 9.10. The first kappa shape index (κ1) is 55.4. The van der Waals surface area contributed by atoms with Gasteiger partial charge in [0, 0.05) is 16.9 Å². The van der Waals surface area contributed by atoms with Gasteiger partial charge in [0.25, 0.3) is 0 Å². The van der Waals surface area contributed by atoms with E-state index < -0.39 is 0 Å². The molecule has 0 unspecified atom stereocenters. The van der Waals surface area contributed by atoms with Crippen molar-refractivity contribution in [3.8, 4) is 0 Å². The molecule has 0 atom stereocenters. The van der Waals surface area contributed by atoms with Crippen LogP contribution in [0.25, 0.3) is 132 Å². The molecule has 0 aliphatic rings. The number of para-hydroxylation sites is 6. The molecule has 2 N–H and O–H groups in total. The Labute approximate surface area is 513 Å². The van der Waals surface area contributed by atoms with Crippen LogP contribution in [0.5, 0.6) is 0 Å². The van der Waals surface area contributed by atoms with Gasteiger partial charge in [0.1, 0.15) is 55.8 Å². The second-order valence-corrected chi connectivity index (χ2v) is 22.6. The lowest BCUT2D eigenvalue weighted by atomic mass is 10.0. The highest BCUT2D eigenvalue weighted by Gasteiger charge is 2.26. The van der Waals surface area contributed by atoms with E-state index in [9.17, 15) is 28.8 Å². The minimum atomic E-state index is -0.228. The third-order valence-electron chi connectivity index (χ3n) is 17.1. The average molecular weight is 1200 g/mol. The molecule has 14 heteroatoms. The number of hydrogen-bond acceptors (Lipinski definition) is 14. The molecular formula is C77H50N2O12. The zero-order valence-electron chi connectivity index (χ0n) is 49.5. The van der Waals surface area contributed by atoms with Crippen LogP contribution in [0, 0.1) is 34.6 Å². The number of rotatable bonds is 4. The first-order chi connectivity index (χ1) is 44.2. The van der Waals surface area contributed by atoms with Gasteiger partial charge >= 0.3 is 0 Å². The number of anilines is 4. The molecule has 0 aliphatic carbocycles. The summed E-state index contributed by atoms with van der Waals surface area (Å²) in [6.07, 6.45) is 0. The Morgan fingerprint density at radius 2 is 0.538 bits per heavy atom. The number of hydrogen-bond donors (Lipinski definition) is 2. The monoisotopic (exact) mass is 1190 g/mol. The van der Waals surface area contributed by atoms with E-state index in [-0.39, 0.29) is 54.5 Å². The van der Waals surface area contributed by atoms with Crippen molar-refractivity contribution in [2.24, 2.45) is 0 Å². The van der Waals surface area contributed by atoms with Gasteiger partial charge in [-0.1, -0.05) is 97.1 Å². The SMILES string of the molecule is Cc1c2oc3ccccc3c(=O)c2cc2c(=O)c3ccccc3oc12.Cc1ccc2c(=O)c3cc4oc5c(C)c(C)ccc5c(=O)c4cc3oc2c1C.O=c1c2ccccc2oc2c(Nc3ccccc3)c3c(=O)c4ccccc4oc3c(Nc3ccccc3)c12. The zero-order valence-corrected chi connectivity index (χ0v) is 49.5. The maximum Gasteiger partial charge on any atom is 0.202 e. The van der Waals surface area contributed by atoms with Crippen LogP contribution < -0.4 is 43.2 Å². The molecule has 440 valence electrons. The summed E-state index contributed by atoms with van der Waals surface area (Å²) >= 11 is 0. The van der Waals surface area contributed by atoms with E-state index in [4.69, 9.17) is 26.5 Å². The standard InChI is InChI=1S/C32H20N2O4.C24H18O4.C21H12O4/c35-29-21-15-7-10-18-24(21)38-32-25(29)27(33-19-11-3-1-4-12-19)31-26(28(32)34-20-13-5-2-6-14-20)30(36)22-16-8-9-17-23(22)37-31;1-11-5-7-15-21(25)17-10-20-18(9-19(17)27-23(15)13(11)3)22(26)16-8-6-12(2)14(4)24(16)28-20;1-11-20-14(18(22)12-6-2-4-8-16(12)24-20)10-15-19(23)13-7-3-5-9-17(13)25-21(11)15/h1-18,33-34H;5-10H,1-4H3;2-10H,1H3. The van der Waals surface area contributed by atoms with Crippen molar-refractivity contribution in [3.05, 3.63) is 289 Å². The minimum Gasteiger partial charge on any atom is -0.455 e. The fraction of sp³-hybridized carbons (Fsp3) is 0.0649. The van der Waals surface area contributed by atoms with Crippen LogP contribution in [0.1, 0.15) is 27.8 Å². The molecule has 0 spiro atoms. The number of fused-ring (bicyclic) bond motifs is 12. The number of benzene rings is 11. The quantitative estimate of drug-likeness (QED) is 0.124. The van der Waals surface area contributed by atoms with Crippen LogP contribution in [-0.4, -0.2) is 0 Å². The summed E-state index contributed by atoms with van der Waals surface area (Å²) < 4.78 is 36.9. The first-order valence-corrected chi connectivity index (χ1v) is 29.4. The number of aryl methyl sites for hydroxylation is 5. The van der Waals surface area contributed by atoms with Gasteiger partial charge in [-0.3, -0.25) is 28.8 Å². The van der Waals surface area contributed by atoms with Crippen LogP contribution >= 0.6 is 0 Å². The molecule has 0 aliphatic heterocycles. The Kier molecular flexibility index (Phi) is 13.2. The third-order valence-corrected chi connectivity index (χ3v) is 17.1. The Morgan fingerprint density at radius 1 is 0.242 bits per heavy atom. The van der Waals surface area contributed by atoms with E-state index in [1.165, 1.54) is 0 Å². The molecule has 6 aromatic heterocycles. The molecule has 17 rings (SSSR count). The van der Waals surface area contributed by atoms with E-state index in [0.717, 1.165) is 33.6 Å². The lowest BCUT2D eigenvalue weighted by Gasteiger charge is -2.18. The zero-order chi connectivity index (χ0) is 62.5. The largest absolute Gasteiger partial charge is 0.455 e. The molecule has 0 bridgehead atoms. The van der Waals surface area contributed by atoms with E-state index >= 15 is 0 Å². The topological polar surface area (TPSA) is 205 Å². The van der Waals surface area contributed by atoms with Crippen molar-refractivity contribution in [1.29, 1.82) is 0 Å². The molecule has 14 nitrogen and oxygen atoms in total. The summed E-state index contributed by atoms with van der Waals surface area (Å²) in [6, 6.07) is 59.6. The highest BCUT2D eigenvalue weighted by molar-refractivity contribution is 6.20. The highest BCUT2D eigenvalue weighted by Crippen LogP contribution is 2.42. The summed E-state index contributed by atoms with van der Waals surface area (Å²) in [5, 5.41) is 11.8. The molecule has 0 amide bonds. The van der Waals surface area contributed by atoms with Crippen molar-refractivity contribution in [2.45, 2.75) is 34.6 Å². The number of nitrogens with one attached hydrogen (secondary N) is 2. The summed E-state index contributed by atoms with van der Waals surface area (Å²) in [5.74, 6) is 0. The van der Waals surface area contributed by atoms with Gasteiger partial charge in [-0.05, 0) is 160 Å². The van der Waals surface area contributed by atoms with Gasteiger partial charge in [0.05, 0.1) is 76.0 Å². The van der Waals surface area contributed by atoms with E-state index in [1.54, 1.807) is 110 Å². The molecule has 6 heterocycles. The Hall–Kier alpha value is -12.2. The van der Waals surface area contributed by atoms with E-state index in [1.807, 2.05) is 125 Å². The summed E-state index contributed by atoms with van der Waals surface area (Å²) in [6.45, 7) is 9.62. The maximum atomic E-state index is 14.0. The van der Waals surface area contributed by atoms with Crippen LogP contribution in [0.15, 0.2) is 255 Å². The van der Waals surface area contributed by atoms with Gasteiger partial charge in [0.15, 0.2) is 11.2 Å². The molecule has 0 fully saturated rings. The minimum absolute atomic E-state index is 0.120. The fourth-order valence-electron chi connectivity index (χ4n) is 12.1. The van der Waals surface area contributed by atoms with Crippen molar-refractivity contribution < 1.29 is 26.5 Å². The van der Waals surface area contributed by atoms with Gasteiger partial charge in [0.2, 0.25) is 32.6 Å². The smallest absolute Gasteiger partial charge is 0.202 e. The predicted octanol–water partition coefficient (Wildman–Crippen LogP) is 17.6. The Bertz CT molecular complexity index is 5970. The van der Waals surface area contributed by atoms with Crippen LogP contribution in [-0.2, 0) is 0 Å². The van der Waals surface area contributed by atoms with Crippen molar-refractivity contribution >= 4 is 154 Å². The molecule has 0 saturated carbocycles. The Balaban J connectivity index is 0.000000117. The second kappa shape index (κ2) is 21.6. The van der Waals surface area contributed by atoms with Crippen molar-refractivity contribution in [2.75, 3.05) is 10.6 Å². The van der Waals surface area contributed by atoms with Crippen molar-refractivity contribution in [1.82, 2.24) is 0 Å². The van der Waals surface area contributed by atoms with Crippen LogP contribution in [0.2, 0.25) is 0 Å². The Morgan fingerprint density at radius 3 is 0.912 bits per heavy atom. The molecule has 91 heavy (non-hydrogen) atoms. The van der Waals surface area contributed by atoms with E-state index in [0.29, 0.717) is 127 Å². The van der Waals surface area contributed by atoms with Gasteiger partial charge in [-0.25, -0.2) is 0 Å². The van der Waals surface area contributed by atoms with Gasteiger partial charge in [-0.2, -0.15) is 0 Å². The average Bonchev–Trinajstić information content (AvgIpc) is 0.738. The summed E-state index contributed by atoms with van der Waals surface area (Å²) in [4.78, 5) is 80.0. The molecular weight excluding hydrogens is 1140 g/mol. The summed E-state index contributed by atoms with van der Waals surface area (Å²) in [7, 11) is 0. The molecule has 0 saturated heterocycles. The lowest BCUT2D eigenvalue weighted by molar-refractivity contribution is 0.641.